The minimum Gasteiger partial charge on any atom is -0.495 e. The van der Waals surface area contributed by atoms with Crippen molar-refractivity contribution in [1.29, 1.82) is 0 Å². The van der Waals surface area contributed by atoms with Gasteiger partial charge in [0.1, 0.15) is 24.0 Å². The molecule has 0 saturated carbocycles. The van der Waals surface area contributed by atoms with E-state index in [2.05, 4.69) is 5.32 Å². The van der Waals surface area contributed by atoms with Crippen molar-refractivity contribution in [1.82, 2.24) is 4.90 Å². The lowest BCUT2D eigenvalue weighted by molar-refractivity contribution is -0.120. The molecular formula is C25H30N2O6. The van der Waals surface area contributed by atoms with Crippen LogP contribution < -0.4 is 10.1 Å². The third-order valence-corrected chi connectivity index (χ3v) is 5.09. The number of likely N-dealkylation sites (tertiary alicyclic amines) is 1. The van der Waals surface area contributed by atoms with Gasteiger partial charge in [0.15, 0.2) is 0 Å². The van der Waals surface area contributed by atoms with Gasteiger partial charge in [0.05, 0.1) is 18.4 Å². The van der Waals surface area contributed by atoms with Crippen molar-refractivity contribution < 1.29 is 28.6 Å². The highest BCUT2D eigenvalue weighted by atomic mass is 16.6. The largest absolute Gasteiger partial charge is 0.495 e. The second kappa shape index (κ2) is 10.4. The normalized spacial score (nSPS) is 15.6. The van der Waals surface area contributed by atoms with Crippen molar-refractivity contribution in [2.75, 3.05) is 19.0 Å². The van der Waals surface area contributed by atoms with E-state index in [4.69, 9.17) is 14.2 Å². The van der Waals surface area contributed by atoms with Crippen molar-refractivity contribution in [2.24, 2.45) is 0 Å². The Kier molecular flexibility index (Phi) is 7.58. The SMILES string of the molecule is COc1ccc(C(=O)OCc2ccccc2)cc1NC(=O)C1CCCN1C(=O)OC(C)(C)C. The number of nitrogens with one attached hydrogen (secondary N) is 1. The Labute approximate surface area is 193 Å². The van der Waals surface area contributed by atoms with Crippen LogP contribution in [0.4, 0.5) is 10.5 Å². The van der Waals surface area contributed by atoms with Gasteiger partial charge in [-0.25, -0.2) is 9.59 Å². The summed E-state index contributed by atoms with van der Waals surface area (Å²) in [6.45, 7) is 5.92. The molecule has 8 heteroatoms. The second-order valence-electron chi connectivity index (χ2n) is 8.80. The number of amides is 2. The van der Waals surface area contributed by atoms with Gasteiger partial charge in [-0.3, -0.25) is 9.69 Å². The number of hydrogen-bond donors (Lipinski definition) is 1. The summed E-state index contributed by atoms with van der Waals surface area (Å²) in [7, 11) is 1.47. The van der Waals surface area contributed by atoms with Crippen molar-refractivity contribution in [3.63, 3.8) is 0 Å². The number of carbonyl (C=O) groups excluding carboxylic acids is 3. The minimum absolute atomic E-state index is 0.139. The average Bonchev–Trinajstić information content (AvgIpc) is 3.27. The third kappa shape index (κ3) is 6.47. The zero-order valence-electron chi connectivity index (χ0n) is 19.4. The van der Waals surface area contributed by atoms with Crippen LogP contribution in [0.5, 0.6) is 5.75 Å². The number of anilines is 1. The molecule has 0 radical (unpaired) electrons. The van der Waals surface area contributed by atoms with E-state index in [9.17, 15) is 14.4 Å². The van der Waals surface area contributed by atoms with Crippen LogP contribution in [0.3, 0.4) is 0 Å². The molecule has 2 amide bonds. The summed E-state index contributed by atoms with van der Waals surface area (Å²) in [5.74, 6) is -0.496. The first kappa shape index (κ1) is 24.1. The van der Waals surface area contributed by atoms with Gasteiger partial charge in [-0.1, -0.05) is 30.3 Å². The van der Waals surface area contributed by atoms with Gasteiger partial charge in [0, 0.05) is 6.54 Å². The van der Waals surface area contributed by atoms with E-state index < -0.39 is 23.7 Å². The van der Waals surface area contributed by atoms with Gasteiger partial charge in [-0.15, -0.1) is 0 Å². The van der Waals surface area contributed by atoms with Crippen molar-refractivity contribution >= 4 is 23.7 Å². The number of ether oxygens (including phenoxy) is 3. The Balaban J connectivity index is 1.70. The van der Waals surface area contributed by atoms with E-state index in [1.54, 1.807) is 32.9 Å². The fourth-order valence-corrected chi connectivity index (χ4v) is 3.53. The monoisotopic (exact) mass is 454 g/mol. The summed E-state index contributed by atoms with van der Waals surface area (Å²) in [5, 5.41) is 2.80. The van der Waals surface area contributed by atoms with Crippen LogP contribution in [0.1, 0.15) is 49.5 Å². The Morgan fingerprint density at radius 3 is 2.48 bits per heavy atom. The molecular weight excluding hydrogens is 424 g/mol. The molecule has 0 aliphatic carbocycles. The standard InChI is InChI=1S/C25H30N2O6/c1-25(2,3)33-24(30)27-14-8-11-20(27)22(28)26-19-15-18(12-13-21(19)31-4)23(29)32-16-17-9-6-5-7-10-17/h5-7,9-10,12-13,15,20H,8,11,14,16H2,1-4H3,(H,26,28). The van der Waals surface area contributed by atoms with Crippen LogP contribution in [-0.4, -0.2) is 48.2 Å². The van der Waals surface area contributed by atoms with Crippen LogP contribution in [0.15, 0.2) is 48.5 Å². The van der Waals surface area contributed by atoms with Gasteiger partial charge < -0.3 is 19.5 Å². The minimum atomic E-state index is -0.668. The van der Waals surface area contributed by atoms with Crippen LogP contribution >= 0.6 is 0 Å². The van der Waals surface area contributed by atoms with Gasteiger partial charge in [0.25, 0.3) is 0 Å². The maximum absolute atomic E-state index is 13.0. The first-order valence-electron chi connectivity index (χ1n) is 10.9. The smallest absolute Gasteiger partial charge is 0.410 e. The van der Waals surface area contributed by atoms with Crippen molar-refractivity contribution in [3.8, 4) is 5.75 Å². The first-order valence-corrected chi connectivity index (χ1v) is 10.9. The number of nitrogens with zero attached hydrogens (tertiary/aromatic N) is 1. The van der Waals surface area contributed by atoms with Gasteiger partial charge in [0.2, 0.25) is 5.91 Å². The lowest BCUT2D eigenvalue weighted by atomic mass is 10.1. The lowest BCUT2D eigenvalue weighted by Crippen LogP contribution is -2.45. The Morgan fingerprint density at radius 2 is 1.82 bits per heavy atom. The lowest BCUT2D eigenvalue weighted by Gasteiger charge is -2.28. The molecule has 1 heterocycles. The molecule has 1 saturated heterocycles. The summed E-state index contributed by atoms with van der Waals surface area (Å²) in [6.07, 6.45) is 0.692. The van der Waals surface area contributed by atoms with Gasteiger partial charge >= 0.3 is 12.1 Å². The maximum Gasteiger partial charge on any atom is 0.410 e. The second-order valence-corrected chi connectivity index (χ2v) is 8.80. The van der Waals surface area contributed by atoms with Crippen LogP contribution in [0.25, 0.3) is 0 Å². The highest BCUT2D eigenvalue weighted by Crippen LogP contribution is 2.28. The molecule has 176 valence electrons. The summed E-state index contributed by atoms with van der Waals surface area (Å²) in [5.41, 5.74) is 0.819. The van der Waals surface area contributed by atoms with E-state index in [1.807, 2.05) is 30.3 Å². The number of esters is 1. The number of carbonyl (C=O) groups is 3. The van der Waals surface area contributed by atoms with E-state index in [-0.39, 0.29) is 18.1 Å². The summed E-state index contributed by atoms with van der Waals surface area (Å²) in [6, 6.07) is 13.4. The predicted molar refractivity (Wildman–Crippen MR) is 123 cm³/mol. The third-order valence-electron chi connectivity index (χ3n) is 5.09. The molecule has 3 rings (SSSR count). The van der Waals surface area contributed by atoms with Crippen LogP contribution in [0.2, 0.25) is 0 Å². The predicted octanol–water partition coefficient (Wildman–Crippen LogP) is 4.39. The topological polar surface area (TPSA) is 94.2 Å². The van der Waals surface area contributed by atoms with E-state index in [0.717, 1.165) is 5.56 Å². The summed E-state index contributed by atoms with van der Waals surface area (Å²) in [4.78, 5) is 39.5. The van der Waals surface area contributed by atoms with Gasteiger partial charge in [-0.2, -0.15) is 0 Å². The zero-order chi connectivity index (χ0) is 24.0. The average molecular weight is 455 g/mol. The van der Waals surface area contributed by atoms with Crippen molar-refractivity contribution in [3.05, 3.63) is 59.7 Å². The molecule has 1 unspecified atom stereocenters. The molecule has 1 atom stereocenters. The molecule has 1 aliphatic heterocycles. The molecule has 0 aromatic heterocycles. The first-order chi connectivity index (χ1) is 15.7. The van der Waals surface area contributed by atoms with E-state index in [1.165, 1.54) is 18.1 Å². The Morgan fingerprint density at radius 1 is 1.09 bits per heavy atom. The Bertz CT molecular complexity index is 1000. The highest BCUT2D eigenvalue weighted by molar-refractivity contribution is 5.99. The molecule has 0 bridgehead atoms. The molecule has 1 N–H and O–H groups in total. The number of hydrogen-bond acceptors (Lipinski definition) is 6. The fraction of sp³-hybridized carbons (Fsp3) is 0.400. The highest BCUT2D eigenvalue weighted by Gasteiger charge is 2.37. The Hall–Kier alpha value is -3.55. The maximum atomic E-state index is 13.0. The number of benzene rings is 2. The molecule has 33 heavy (non-hydrogen) atoms. The molecule has 2 aromatic rings. The summed E-state index contributed by atoms with van der Waals surface area (Å²) >= 11 is 0. The molecule has 2 aromatic carbocycles. The zero-order valence-corrected chi connectivity index (χ0v) is 19.4. The molecule has 1 fully saturated rings. The molecule has 8 nitrogen and oxygen atoms in total. The fourth-order valence-electron chi connectivity index (χ4n) is 3.53. The van der Waals surface area contributed by atoms with Crippen molar-refractivity contribution in [2.45, 2.75) is 51.9 Å². The van der Waals surface area contributed by atoms with Crippen LogP contribution in [-0.2, 0) is 20.9 Å². The quantitative estimate of drug-likeness (QED) is 0.651. The van der Waals surface area contributed by atoms with E-state index in [0.29, 0.717) is 30.8 Å². The number of methoxy groups -OCH3 is 1. The summed E-state index contributed by atoms with van der Waals surface area (Å²) < 4.78 is 16.2. The van der Waals surface area contributed by atoms with E-state index >= 15 is 0 Å². The van der Waals surface area contributed by atoms with Gasteiger partial charge in [-0.05, 0) is 57.4 Å². The molecule has 0 spiro atoms. The number of rotatable bonds is 6. The van der Waals surface area contributed by atoms with Crippen LogP contribution in [0, 0.1) is 0 Å². The molecule has 1 aliphatic rings.